The molecule has 1 saturated heterocycles. The maximum Gasteiger partial charge on any atom is 0.179 e. The summed E-state index contributed by atoms with van der Waals surface area (Å²) in [7, 11) is 2.13. The lowest BCUT2D eigenvalue weighted by molar-refractivity contribution is 0.0603. The topological polar surface area (TPSA) is 23.6 Å². The molecule has 0 spiro atoms. The molecule has 1 aromatic rings. The fourth-order valence-electron chi connectivity index (χ4n) is 2.48. The minimum absolute atomic E-state index is 0.0883. The van der Waals surface area contributed by atoms with E-state index < -0.39 is 0 Å². The predicted octanol–water partition coefficient (Wildman–Crippen LogP) is 2.55. The van der Waals surface area contributed by atoms with E-state index in [1.807, 2.05) is 19.1 Å². The molecule has 3 nitrogen and oxygen atoms in total. The van der Waals surface area contributed by atoms with Crippen molar-refractivity contribution in [3.05, 3.63) is 34.9 Å². The van der Waals surface area contributed by atoms with Gasteiger partial charge in [0.15, 0.2) is 5.78 Å². The van der Waals surface area contributed by atoms with E-state index in [1.165, 1.54) is 0 Å². The molecular weight excluding hydrogens is 260 g/mol. The van der Waals surface area contributed by atoms with Gasteiger partial charge in [-0.25, -0.2) is 0 Å². The van der Waals surface area contributed by atoms with Crippen LogP contribution in [0.3, 0.4) is 0 Å². The summed E-state index contributed by atoms with van der Waals surface area (Å²) in [5.41, 5.74) is 0.701. The van der Waals surface area contributed by atoms with Crippen LogP contribution in [0.15, 0.2) is 24.3 Å². The highest BCUT2D eigenvalue weighted by Gasteiger charge is 2.28. The van der Waals surface area contributed by atoms with Crippen molar-refractivity contribution in [2.24, 2.45) is 0 Å². The third kappa shape index (κ3) is 3.35. The van der Waals surface area contributed by atoms with Gasteiger partial charge in [-0.2, -0.15) is 0 Å². The van der Waals surface area contributed by atoms with Gasteiger partial charge in [-0.05, 0) is 33.0 Å². The lowest BCUT2D eigenvalue weighted by atomic mass is 10.0. The summed E-state index contributed by atoms with van der Waals surface area (Å²) < 4.78 is 0. The smallest absolute Gasteiger partial charge is 0.179 e. The number of carbonyl (C=O) groups excluding carboxylic acids is 1. The first-order chi connectivity index (χ1) is 8.99. The van der Waals surface area contributed by atoms with Crippen molar-refractivity contribution < 1.29 is 4.79 Å². The Hall–Kier alpha value is -0.900. The van der Waals surface area contributed by atoms with Crippen LogP contribution in [0, 0.1) is 0 Å². The first-order valence-electron chi connectivity index (χ1n) is 6.73. The first-order valence-corrected chi connectivity index (χ1v) is 7.11. The highest BCUT2D eigenvalue weighted by molar-refractivity contribution is 6.31. The van der Waals surface area contributed by atoms with Crippen molar-refractivity contribution in [1.82, 2.24) is 9.80 Å². The number of hydrogen-bond acceptors (Lipinski definition) is 3. The molecule has 0 amide bonds. The summed E-state index contributed by atoms with van der Waals surface area (Å²) in [5.74, 6) is 0.152. The van der Waals surface area contributed by atoms with E-state index in [9.17, 15) is 4.79 Å². The Labute approximate surface area is 120 Å². The molecule has 104 valence electrons. The Morgan fingerprint density at radius 1 is 1.42 bits per heavy atom. The van der Waals surface area contributed by atoms with Crippen LogP contribution in [0.2, 0.25) is 5.02 Å². The van der Waals surface area contributed by atoms with Crippen LogP contribution in [0.25, 0.3) is 0 Å². The highest BCUT2D eigenvalue weighted by Crippen LogP contribution is 2.17. The molecule has 4 heteroatoms. The van der Waals surface area contributed by atoms with Crippen LogP contribution in [0.5, 0.6) is 0 Å². The fourth-order valence-corrected chi connectivity index (χ4v) is 2.67. The van der Waals surface area contributed by atoms with Gasteiger partial charge in [0, 0.05) is 36.3 Å². The lowest BCUT2D eigenvalue weighted by Crippen LogP contribution is -2.54. The SMILES string of the molecule is CC1CN(C(C)C(=O)c2cccc(Cl)c2)CCN1C. The van der Waals surface area contributed by atoms with E-state index >= 15 is 0 Å². The number of carbonyl (C=O) groups is 1. The van der Waals surface area contributed by atoms with Gasteiger partial charge in [0.2, 0.25) is 0 Å². The van der Waals surface area contributed by atoms with E-state index in [-0.39, 0.29) is 11.8 Å². The maximum atomic E-state index is 12.5. The minimum atomic E-state index is -0.0883. The van der Waals surface area contributed by atoms with Gasteiger partial charge in [0.1, 0.15) is 0 Å². The second-order valence-electron chi connectivity index (χ2n) is 5.38. The zero-order chi connectivity index (χ0) is 14.0. The van der Waals surface area contributed by atoms with Crippen LogP contribution in [0.1, 0.15) is 24.2 Å². The monoisotopic (exact) mass is 280 g/mol. The molecule has 1 aromatic carbocycles. The zero-order valence-electron chi connectivity index (χ0n) is 11.8. The van der Waals surface area contributed by atoms with Crippen molar-refractivity contribution in [2.75, 3.05) is 26.7 Å². The fraction of sp³-hybridized carbons (Fsp3) is 0.533. The van der Waals surface area contributed by atoms with Crippen molar-refractivity contribution in [3.63, 3.8) is 0 Å². The molecule has 2 rings (SSSR count). The van der Waals surface area contributed by atoms with Crippen molar-refractivity contribution in [1.29, 1.82) is 0 Å². The maximum absolute atomic E-state index is 12.5. The number of hydrogen-bond donors (Lipinski definition) is 0. The van der Waals surface area contributed by atoms with E-state index in [2.05, 4.69) is 23.8 Å². The summed E-state index contributed by atoms with van der Waals surface area (Å²) in [6.45, 7) is 7.07. The molecule has 1 fully saturated rings. The second-order valence-corrected chi connectivity index (χ2v) is 5.81. The van der Waals surface area contributed by atoms with Gasteiger partial charge in [-0.3, -0.25) is 9.69 Å². The van der Waals surface area contributed by atoms with E-state index in [0.717, 1.165) is 19.6 Å². The van der Waals surface area contributed by atoms with Crippen molar-refractivity contribution in [2.45, 2.75) is 25.9 Å². The van der Waals surface area contributed by atoms with Gasteiger partial charge in [-0.15, -0.1) is 0 Å². The predicted molar refractivity (Wildman–Crippen MR) is 78.9 cm³/mol. The molecule has 2 unspecified atom stereocenters. The summed E-state index contributed by atoms with van der Waals surface area (Å²) in [6, 6.07) is 7.61. The van der Waals surface area contributed by atoms with E-state index in [0.29, 0.717) is 16.6 Å². The second kappa shape index (κ2) is 6.04. The number of ketones is 1. The van der Waals surface area contributed by atoms with Crippen molar-refractivity contribution >= 4 is 17.4 Å². The molecule has 1 aliphatic heterocycles. The number of rotatable bonds is 3. The van der Waals surface area contributed by atoms with Crippen LogP contribution >= 0.6 is 11.6 Å². The molecule has 0 saturated carbocycles. The molecule has 1 aliphatic rings. The van der Waals surface area contributed by atoms with Crippen LogP contribution in [-0.4, -0.2) is 54.3 Å². The number of benzene rings is 1. The Kier molecular flexibility index (Phi) is 4.61. The third-order valence-electron chi connectivity index (χ3n) is 4.03. The standard InChI is InChI=1S/C15H21ClN2O/c1-11-10-18(8-7-17(11)3)12(2)15(19)13-5-4-6-14(16)9-13/h4-6,9,11-12H,7-8,10H2,1-3H3. The Morgan fingerprint density at radius 3 is 2.79 bits per heavy atom. The van der Waals surface area contributed by atoms with Gasteiger partial charge in [0.05, 0.1) is 6.04 Å². The molecule has 0 N–H and O–H groups in total. The molecule has 0 radical (unpaired) electrons. The first kappa shape index (κ1) is 14.5. The van der Waals surface area contributed by atoms with Gasteiger partial charge in [-0.1, -0.05) is 23.7 Å². The Morgan fingerprint density at radius 2 is 2.16 bits per heavy atom. The quantitative estimate of drug-likeness (QED) is 0.795. The average Bonchev–Trinajstić information content (AvgIpc) is 2.40. The van der Waals surface area contributed by atoms with Gasteiger partial charge < -0.3 is 4.90 Å². The molecule has 0 bridgehead atoms. The Bertz CT molecular complexity index is 463. The van der Waals surface area contributed by atoms with E-state index in [4.69, 9.17) is 11.6 Å². The average molecular weight is 281 g/mol. The minimum Gasteiger partial charge on any atom is -0.301 e. The number of likely N-dealkylation sites (N-methyl/N-ethyl adjacent to an activating group) is 1. The number of piperazine rings is 1. The van der Waals surface area contributed by atoms with Crippen LogP contribution in [0.4, 0.5) is 0 Å². The normalized spacial score (nSPS) is 23.3. The molecule has 0 aromatic heterocycles. The van der Waals surface area contributed by atoms with E-state index in [1.54, 1.807) is 12.1 Å². The van der Waals surface area contributed by atoms with Crippen molar-refractivity contribution in [3.8, 4) is 0 Å². The molecule has 1 heterocycles. The molecule has 0 aliphatic carbocycles. The summed E-state index contributed by atoms with van der Waals surface area (Å²) in [6.07, 6.45) is 0. The molecule has 19 heavy (non-hydrogen) atoms. The number of Topliss-reactive ketones (excluding diaryl/α,β-unsaturated/α-hetero) is 1. The summed E-state index contributed by atoms with van der Waals surface area (Å²) in [4.78, 5) is 17.1. The van der Waals surface area contributed by atoms with Crippen LogP contribution in [-0.2, 0) is 0 Å². The number of nitrogens with zero attached hydrogens (tertiary/aromatic N) is 2. The molecule has 2 atom stereocenters. The number of halogens is 1. The largest absolute Gasteiger partial charge is 0.301 e. The zero-order valence-corrected chi connectivity index (χ0v) is 12.5. The Balaban J connectivity index is 2.07. The molecular formula is C15H21ClN2O. The highest BCUT2D eigenvalue weighted by atomic mass is 35.5. The summed E-state index contributed by atoms with van der Waals surface area (Å²) in [5, 5.41) is 0.616. The van der Waals surface area contributed by atoms with Gasteiger partial charge >= 0.3 is 0 Å². The van der Waals surface area contributed by atoms with Crippen LogP contribution < -0.4 is 0 Å². The lowest BCUT2D eigenvalue weighted by Gasteiger charge is -2.40. The summed E-state index contributed by atoms with van der Waals surface area (Å²) >= 11 is 5.95. The van der Waals surface area contributed by atoms with Gasteiger partial charge in [0.25, 0.3) is 0 Å². The third-order valence-corrected chi connectivity index (χ3v) is 4.26.